The maximum Gasteiger partial charge on any atom is 0.354 e. The lowest BCUT2D eigenvalue weighted by molar-refractivity contribution is 0.260. The Morgan fingerprint density at radius 1 is 1.32 bits per heavy atom. The molecule has 0 saturated heterocycles. The van der Waals surface area contributed by atoms with E-state index in [1.54, 1.807) is 0 Å². The van der Waals surface area contributed by atoms with Crippen molar-refractivity contribution in [3.63, 3.8) is 0 Å². The lowest BCUT2D eigenvalue weighted by Crippen LogP contribution is -2.20. The number of anilines is 1. The van der Waals surface area contributed by atoms with Crippen LogP contribution in [0.1, 0.15) is 73.8 Å². The highest BCUT2D eigenvalue weighted by atomic mass is 32.2. The van der Waals surface area contributed by atoms with Crippen molar-refractivity contribution >= 4 is 21.6 Å². The highest BCUT2D eigenvalue weighted by molar-refractivity contribution is 7.91. The molecule has 0 bridgehead atoms. The molecule has 3 aliphatic carbocycles. The highest BCUT2D eigenvalue weighted by Crippen LogP contribution is 2.58. The van der Waals surface area contributed by atoms with Gasteiger partial charge in [0.05, 0.1) is 23.7 Å². The second-order valence-corrected chi connectivity index (χ2v) is 10.9. The smallest absolute Gasteiger partial charge is 0.354 e. The lowest BCUT2D eigenvalue weighted by atomic mass is 10.0. The zero-order valence-electron chi connectivity index (χ0n) is 17.8. The molecule has 2 heterocycles. The van der Waals surface area contributed by atoms with Gasteiger partial charge in [-0.1, -0.05) is 0 Å². The van der Waals surface area contributed by atoms with E-state index in [2.05, 4.69) is 14.8 Å². The van der Waals surface area contributed by atoms with E-state index in [1.807, 2.05) is 13.8 Å². The number of aliphatic hydroxyl groups excluding tert-OH is 1. The van der Waals surface area contributed by atoms with Gasteiger partial charge in [0.15, 0.2) is 14.9 Å². The molecular weight excluding hydrogens is 416 g/mol. The van der Waals surface area contributed by atoms with Gasteiger partial charge in [-0.15, -0.1) is 4.36 Å². The number of urea groups is 1. The Hall–Kier alpha value is -2.30. The second kappa shape index (κ2) is 7.11. The molecule has 31 heavy (non-hydrogen) atoms. The van der Waals surface area contributed by atoms with E-state index in [0.29, 0.717) is 5.69 Å². The van der Waals surface area contributed by atoms with Crippen molar-refractivity contribution in [2.45, 2.75) is 81.9 Å². The number of aromatic nitrogens is 3. The van der Waals surface area contributed by atoms with Crippen LogP contribution in [0, 0.1) is 0 Å². The number of carbonyl (C=O) groups is 1. The largest absolute Gasteiger partial charge is 0.390 e. The maximum atomic E-state index is 13.1. The molecule has 1 saturated carbocycles. The summed E-state index contributed by atoms with van der Waals surface area (Å²) in [7, 11) is -3.56. The van der Waals surface area contributed by atoms with Crippen LogP contribution in [0.25, 0.3) is 0 Å². The summed E-state index contributed by atoms with van der Waals surface area (Å²) in [6.07, 6.45) is 7.09. The van der Waals surface area contributed by atoms with E-state index in [0.717, 1.165) is 73.1 Å². The molecule has 0 aliphatic heterocycles. The highest BCUT2D eigenvalue weighted by Gasteiger charge is 2.51. The molecule has 1 fully saturated rings. The number of hydrogen-bond donors (Lipinski definition) is 3. The van der Waals surface area contributed by atoms with Gasteiger partial charge < -0.3 is 10.4 Å². The van der Waals surface area contributed by atoms with Crippen LogP contribution in [0.15, 0.2) is 15.5 Å². The minimum Gasteiger partial charge on any atom is -0.390 e. The van der Waals surface area contributed by atoms with Crippen LogP contribution < -0.4 is 10.5 Å². The molecule has 10 heteroatoms. The van der Waals surface area contributed by atoms with Crippen molar-refractivity contribution in [1.82, 2.24) is 14.8 Å². The van der Waals surface area contributed by atoms with E-state index >= 15 is 0 Å². The quantitative estimate of drug-likeness (QED) is 0.666. The van der Waals surface area contributed by atoms with E-state index in [9.17, 15) is 14.1 Å². The van der Waals surface area contributed by atoms with Gasteiger partial charge in [0, 0.05) is 23.2 Å². The van der Waals surface area contributed by atoms with Crippen LogP contribution in [0.4, 0.5) is 10.5 Å². The fourth-order valence-corrected chi connectivity index (χ4v) is 5.89. The molecule has 1 atom stereocenters. The predicted molar refractivity (Wildman–Crippen MR) is 116 cm³/mol. The van der Waals surface area contributed by atoms with Gasteiger partial charge >= 0.3 is 6.03 Å². The topological polar surface area (TPSA) is 135 Å². The molecule has 5 rings (SSSR count). The first-order chi connectivity index (χ1) is 14.7. The van der Waals surface area contributed by atoms with Gasteiger partial charge in [-0.3, -0.25) is 9.67 Å². The summed E-state index contributed by atoms with van der Waals surface area (Å²) in [5, 5.41) is 22.6. The minimum atomic E-state index is -3.56. The van der Waals surface area contributed by atoms with Gasteiger partial charge in [0.2, 0.25) is 0 Å². The average molecular weight is 445 g/mol. The molecule has 2 aromatic rings. The summed E-state index contributed by atoms with van der Waals surface area (Å²) >= 11 is 0. The number of hydrogen-bond acceptors (Lipinski definition) is 5. The first-order valence-electron chi connectivity index (χ1n) is 10.8. The van der Waals surface area contributed by atoms with Gasteiger partial charge in [-0.25, -0.2) is 14.1 Å². The number of pyridine rings is 1. The van der Waals surface area contributed by atoms with Crippen LogP contribution in [-0.4, -0.2) is 30.1 Å². The summed E-state index contributed by atoms with van der Waals surface area (Å²) in [4.78, 5) is 17.8. The van der Waals surface area contributed by atoms with Gasteiger partial charge in [-0.2, -0.15) is 5.10 Å². The number of nitrogens with zero attached hydrogens (tertiary/aromatic N) is 4. The Kier molecular flexibility index (Phi) is 4.72. The molecule has 3 aliphatic rings. The maximum absolute atomic E-state index is 13.1. The van der Waals surface area contributed by atoms with E-state index in [-0.39, 0.29) is 23.1 Å². The lowest BCUT2D eigenvalue weighted by Gasteiger charge is -2.16. The molecule has 166 valence electrons. The fraction of sp³-hybridized carbons (Fsp3) is 0.571. The average Bonchev–Trinajstić information content (AvgIpc) is 3.07. The van der Waals surface area contributed by atoms with Gasteiger partial charge in [0.25, 0.3) is 0 Å². The zero-order valence-corrected chi connectivity index (χ0v) is 18.7. The Morgan fingerprint density at radius 3 is 2.74 bits per heavy atom. The second-order valence-electron chi connectivity index (χ2n) is 9.13. The van der Waals surface area contributed by atoms with Gasteiger partial charge in [0.1, 0.15) is 0 Å². The number of amides is 2. The Labute approximate surface area is 181 Å². The third-order valence-electron chi connectivity index (χ3n) is 6.73. The number of aryl methyl sites for hydroxylation is 1. The Bertz CT molecular complexity index is 1200. The van der Waals surface area contributed by atoms with Gasteiger partial charge in [-0.05, 0) is 69.9 Å². The first-order valence-corrected chi connectivity index (χ1v) is 12.4. The molecule has 0 radical (unpaired) electrons. The van der Waals surface area contributed by atoms with Crippen molar-refractivity contribution in [2.75, 3.05) is 5.32 Å². The van der Waals surface area contributed by atoms with Crippen LogP contribution >= 0.6 is 0 Å². The van der Waals surface area contributed by atoms with Crippen LogP contribution in [0.5, 0.6) is 0 Å². The number of nitrogens with one attached hydrogen (secondary N) is 1. The van der Waals surface area contributed by atoms with Crippen LogP contribution in [0.3, 0.4) is 0 Å². The summed E-state index contributed by atoms with van der Waals surface area (Å²) in [6, 6.07) is 0.644. The van der Waals surface area contributed by atoms with Crippen LogP contribution in [0.2, 0.25) is 0 Å². The Balaban J connectivity index is 1.49. The van der Waals surface area contributed by atoms with Crippen molar-refractivity contribution in [3.8, 4) is 0 Å². The number of carbonyl (C=O) groups excluding carboxylic acids is 1. The van der Waals surface area contributed by atoms with Crippen molar-refractivity contribution < 1.29 is 14.1 Å². The normalized spacial score (nSPS) is 19.9. The first kappa shape index (κ1) is 20.6. The fourth-order valence-electron chi connectivity index (χ4n) is 4.99. The SMILES string of the molecule is CC(C)n1nc(S(N)(=O)=NC(=O)Nc2c3c(nc4c2CCC42CC2)CCC3)cc1CO. The van der Waals surface area contributed by atoms with Crippen molar-refractivity contribution in [3.05, 3.63) is 34.3 Å². The summed E-state index contributed by atoms with van der Waals surface area (Å²) in [5.74, 6) is 0. The minimum absolute atomic E-state index is 0.0116. The monoisotopic (exact) mass is 444 g/mol. The summed E-state index contributed by atoms with van der Waals surface area (Å²) in [6.45, 7) is 3.49. The molecule has 1 unspecified atom stereocenters. The molecule has 9 nitrogen and oxygen atoms in total. The Morgan fingerprint density at radius 2 is 2.10 bits per heavy atom. The van der Waals surface area contributed by atoms with E-state index < -0.39 is 15.9 Å². The number of nitrogens with two attached hydrogens (primary N) is 1. The molecule has 4 N–H and O–H groups in total. The molecule has 2 aromatic heterocycles. The van der Waals surface area contributed by atoms with E-state index in [1.165, 1.54) is 10.7 Å². The molecule has 1 spiro atoms. The van der Waals surface area contributed by atoms with Crippen molar-refractivity contribution in [2.24, 2.45) is 9.50 Å². The third kappa shape index (κ3) is 3.37. The summed E-state index contributed by atoms with van der Waals surface area (Å²) < 4.78 is 18.4. The summed E-state index contributed by atoms with van der Waals surface area (Å²) in [5.41, 5.74) is 5.87. The standard InChI is InChI=1S/C21H28N6O3S/c1-12(2)27-13(11-28)10-17(25-27)31(22,30)26-20(29)24-18-14-4-3-5-16(14)23-19-15(18)6-7-21(19)8-9-21/h10,12,28H,3-9,11H2,1-2H3,(H3,22,23,24,26,29,30). The molecule has 0 aromatic carbocycles. The molecule has 2 amide bonds. The zero-order chi connectivity index (χ0) is 22.0. The number of fused-ring (bicyclic) bond motifs is 3. The van der Waals surface area contributed by atoms with E-state index in [4.69, 9.17) is 10.1 Å². The number of rotatable bonds is 4. The number of aliphatic hydroxyl groups is 1. The van der Waals surface area contributed by atoms with Crippen molar-refractivity contribution in [1.29, 1.82) is 0 Å². The molecular formula is C21H28N6O3S. The van der Waals surface area contributed by atoms with Crippen LogP contribution in [-0.2, 0) is 41.2 Å². The third-order valence-corrected chi connectivity index (χ3v) is 7.96. The predicted octanol–water partition coefficient (Wildman–Crippen LogP) is 2.75.